The first-order chi connectivity index (χ1) is 9.02. The molecule has 1 aromatic rings. The molecule has 0 aliphatic carbocycles. The van der Waals surface area contributed by atoms with Crippen LogP contribution in [-0.2, 0) is 4.79 Å². The molecule has 1 aromatic carbocycles. The van der Waals surface area contributed by atoms with Crippen molar-refractivity contribution in [2.45, 2.75) is 13.0 Å². The predicted octanol–water partition coefficient (Wildman–Crippen LogP) is 0.443. The minimum absolute atomic E-state index is 0.286. The maximum absolute atomic E-state index is 12.9. The molecule has 0 radical (unpaired) electrons. The third kappa shape index (κ3) is 2.55. The van der Waals surface area contributed by atoms with Gasteiger partial charge < -0.3 is 10.6 Å². The predicted molar refractivity (Wildman–Crippen MR) is 65.8 cm³/mol. The van der Waals surface area contributed by atoms with Crippen LogP contribution in [0.5, 0.6) is 0 Å². The van der Waals surface area contributed by atoms with Crippen LogP contribution in [-0.4, -0.2) is 11.9 Å². The monoisotopic (exact) mass is 264 g/mol. The molecule has 1 heterocycles. The van der Waals surface area contributed by atoms with Crippen molar-refractivity contribution in [2.75, 3.05) is 0 Å². The smallest absolute Gasteiger partial charge is 0.319 e. The van der Waals surface area contributed by atoms with E-state index in [9.17, 15) is 14.0 Å². The molecule has 0 spiro atoms. The summed E-state index contributed by atoms with van der Waals surface area (Å²) in [6.07, 6.45) is 0. The Kier molecular flexibility index (Phi) is 3.48. The second-order valence-electron chi connectivity index (χ2n) is 4.10. The molecule has 1 aliphatic heterocycles. The summed E-state index contributed by atoms with van der Waals surface area (Å²) in [6, 6.07) is 4.43. The van der Waals surface area contributed by atoms with E-state index in [1.165, 1.54) is 24.3 Å². The number of nitrogens with two attached hydrogens (primary N) is 1. The van der Waals surface area contributed by atoms with Crippen LogP contribution in [0.25, 0.3) is 0 Å². The van der Waals surface area contributed by atoms with E-state index in [1.807, 2.05) is 5.43 Å². The number of rotatable bonds is 2. The lowest BCUT2D eigenvalue weighted by atomic mass is 9.95. The Morgan fingerprint density at radius 1 is 1.37 bits per heavy atom. The van der Waals surface area contributed by atoms with Gasteiger partial charge >= 0.3 is 6.03 Å². The molecular weight excluding hydrogens is 251 g/mol. The van der Waals surface area contributed by atoms with Gasteiger partial charge in [0.15, 0.2) is 0 Å². The van der Waals surface area contributed by atoms with Gasteiger partial charge in [-0.2, -0.15) is 0 Å². The maximum Gasteiger partial charge on any atom is 0.319 e. The van der Waals surface area contributed by atoms with Crippen molar-refractivity contribution in [1.29, 1.82) is 0 Å². The van der Waals surface area contributed by atoms with E-state index in [1.54, 1.807) is 6.92 Å². The van der Waals surface area contributed by atoms with Crippen molar-refractivity contribution in [2.24, 2.45) is 5.84 Å². The number of amides is 3. The molecule has 0 saturated carbocycles. The number of benzene rings is 1. The van der Waals surface area contributed by atoms with Crippen LogP contribution in [0.3, 0.4) is 0 Å². The highest BCUT2D eigenvalue weighted by molar-refractivity contribution is 5.98. The summed E-state index contributed by atoms with van der Waals surface area (Å²) in [5.74, 6) is 4.22. The molecule has 0 aromatic heterocycles. The van der Waals surface area contributed by atoms with E-state index in [0.717, 1.165) is 0 Å². The topological polar surface area (TPSA) is 96.2 Å². The average Bonchev–Trinajstić information content (AvgIpc) is 2.38. The van der Waals surface area contributed by atoms with Gasteiger partial charge in [-0.3, -0.25) is 10.2 Å². The summed E-state index contributed by atoms with van der Waals surface area (Å²) >= 11 is 0. The third-order valence-corrected chi connectivity index (χ3v) is 2.85. The quantitative estimate of drug-likeness (QED) is 0.354. The number of urea groups is 1. The number of carbonyl (C=O) groups excluding carboxylic acids is 2. The minimum atomic E-state index is -0.669. The number of carbonyl (C=O) groups is 2. The van der Waals surface area contributed by atoms with Crippen LogP contribution < -0.4 is 21.9 Å². The Labute approximate surface area is 108 Å². The van der Waals surface area contributed by atoms with Gasteiger partial charge in [0.05, 0.1) is 11.6 Å². The highest BCUT2D eigenvalue weighted by Gasteiger charge is 2.30. The molecule has 1 aliphatic rings. The van der Waals surface area contributed by atoms with Gasteiger partial charge in [0, 0.05) is 5.70 Å². The SMILES string of the molecule is CC1=C(C(=O)NN)[C@H](c2ccc(F)cc2)NC(=O)N1. The fourth-order valence-corrected chi connectivity index (χ4v) is 1.98. The number of hydrogen-bond donors (Lipinski definition) is 4. The summed E-state index contributed by atoms with van der Waals surface area (Å²) in [6.45, 7) is 1.60. The Balaban J connectivity index is 2.46. The van der Waals surface area contributed by atoms with E-state index in [-0.39, 0.29) is 5.57 Å². The summed E-state index contributed by atoms with van der Waals surface area (Å²) < 4.78 is 12.9. The third-order valence-electron chi connectivity index (χ3n) is 2.85. The lowest BCUT2D eigenvalue weighted by molar-refractivity contribution is -0.118. The van der Waals surface area contributed by atoms with Crippen molar-refractivity contribution >= 4 is 11.9 Å². The number of hydrazine groups is 1. The molecule has 0 saturated heterocycles. The van der Waals surface area contributed by atoms with Crippen molar-refractivity contribution < 1.29 is 14.0 Å². The van der Waals surface area contributed by atoms with Crippen molar-refractivity contribution in [3.8, 4) is 0 Å². The fourth-order valence-electron chi connectivity index (χ4n) is 1.98. The van der Waals surface area contributed by atoms with Gasteiger partial charge in [-0.1, -0.05) is 12.1 Å². The number of allylic oxidation sites excluding steroid dienone is 1. The van der Waals surface area contributed by atoms with Crippen LogP contribution in [0.2, 0.25) is 0 Å². The second-order valence-corrected chi connectivity index (χ2v) is 4.10. The molecule has 19 heavy (non-hydrogen) atoms. The summed E-state index contributed by atoms with van der Waals surface area (Å²) in [7, 11) is 0. The molecule has 0 fully saturated rings. The van der Waals surface area contributed by atoms with E-state index in [4.69, 9.17) is 5.84 Å². The van der Waals surface area contributed by atoms with E-state index < -0.39 is 23.8 Å². The highest BCUT2D eigenvalue weighted by atomic mass is 19.1. The van der Waals surface area contributed by atoms with Crippen molar-refractivity contribution in [3.63, 3.8) is 0 Å². The van der Waals surface area contributed by atoms with Gasteiger partial charge in [0.1, 0.15) is 5.82 Å². The zero-order chi connectivity index (χ0) is 14.0. The lowest BCUT2D eigenvalue weighted by Gasteiger charge is -2.28. The van der Waals surface area contributed by atoms with Crippen LogP contribution in [0.1, 0.15) is 18.5 Å². The molecule has 7 heteroatoms. The van der Waals surface area contributed by atoms with Crippen LogP contribution in [0, 0.1) is 5.82 Å². The summed E-state index contributed by atoms with van der Waals surface area (Å²) in [5, 5.41) is 5.10. The zero-order valence-corrected chi connectivity index (χ0v) is 10.2. The van der Waals surface area contributed by atoms with Crippen LogP contribution >= 0.6 is 0 Å². The Bertz CT molecular complexity index is 553. The first-order valence-corrected chi connectivity index (χ1v) is 5.57. The number of halogens is 1. The highest BCUT2D eigenvalue weighted by Crippen LogP contribution is 2.26. The van der Waals surface area contributed by atoms with Gasteiger partial charge in [0.25, 0.3) is 5.91 Å². The molecule has 6 nitrogen and oxygen atoms in total. The standard InChI is InChI=1S/C12H13FN4O2/c1-6-9(11(18)17-14)10(16-12(19)15-6)7-2-4-8(13)5-3-7/h2-5,10H,14H2,1H3,(H,17,18)(H2,15,16,19)/t10-/m0/s1. The van der Waals surface area contributed by atoms with Crippen LogP contribution in [0.4, 0.5) is 9.18 Å². The Morgan fingerprint density at radius 2 is 2.00 bits per heavy atom. The average molecular weight is 264 g/mol. The minimum Gasteiger partial charge on any atom is -0.327 e. The van der Waals surface area contributed by atoms with Gasteiger partial charge in [-0.15, -0.1) is 0 Å². The van der Waals surface area contributed by atoms with E-state index >= 15 is 0 Å². The maximum atomic E-state index is 12.9. The normalized spacial score (nSPS) is 18.7. The molecule has 0 bridgehead atoms. The molecule has 3 amide bonds. The molecule has 100 valence electrons. The molecule has 1 atom stereocenters. The Morgan fingerprint density at radius 3 is 2.58 bits per heavy atom. The summed E-state index contributed by atoms with van der Waals surface area (Å²) in [4.78, 5) is 23.3. The summed E-state index contributed by atoms with van der Waals surface area (Å²) in [5.41, 5.74) is 3.31. The van der Waals surface area contributed by atoms with Crippen LogP contribution in [0.15, 0.2) is 35.5 Å². The number of hydrogen-bond acceptors (Lipinski definition) is 3. The molecular formula is C12H13FN4O2. The van der Waals surface area contributed by atoms with Crippen molar-refractivity contribution in [3.05, 3.63) is 46.9 Å². The first kappa shape index (κ1) is 13.0. The largest absolute Gasteiger partial charge is 0.327 e. The lowest BCUT2D eigenvalue weighted by Crippen LogP contribution is -2.47. The second kappa shape index (κ2) is 5.07. The zero-order valence-electron chi connectivity index (χ0n) is 10.2. The first-order valence-electron chi connectivity index (χ1n) is 5.57. The number of nitrogens with one attached hydrogen (secondary N) is 3. The van der Waals surface area contributed by atoms with Gasteiger partial charge in [-0.05, 0) is 24.6 Å². The molecule has 5 N–H and O–H groups in total. The van der Waals surface area contributed by atoms with E-state index in [2.05, 4.69) is 10.6 Å². The van der Waals surface area contributed by atoms with Gasteiger partial charge in [0.2, 0.25) is 0 Å². The molecule has 2 rings (SSSR count). The van der Waals surface area contributed by atoms with E-state index in [0.29, 0.717) is 11.3 Å². The molecule has 0 unspecified atom stereocenters. The fraction of sp³-hybridized carbons (Fsp3) is 0.167. The Hall–Kier alpha value is -2.41. The van der Waals surface area contributed by atoms with Gasteiger partial charge in [-0.25, -0.2) is 15.0 Å². The van der Waals surface area contributed by atoms with Crippen molar-refractivity contribution in [1.82, 2.24) is 16.1 Å².